The third-order valence-corrected chi connectivity index (χ3v) is 6.13. The molecule has 23 heavy (non-hydrogen) atoms. The zero-order chi connectivity index (χ0) is 16.0. The third kappa shape index (κ3) is 2.35. The minimum absolute atomic E-state index is 0.0825. The van der Waals surface area contributed by atoms with E-state index in [1.807, 2.05) is 35.2 Å². The van der Waals surface area contributed by atoms with Crippen LogP contribution in [0.15, 0.2) is 30.3 Å². The lowest BCUT2D eigenvalue weighted by atomic mass is 9.81. The Morgan fingerprint density at radius 3 is 2.52 bits per heavy atom. The summed E-state index contributed by atoms with van der Waals surface area (Å²) in [6.07, 6.45) is 4.84. The molecule has 122 valence electrons. The topological polar surface area (TPSA) is 57.6 Å². The van der Waals surface area contributed by atoms with E-state index in [4.69, 9.17) is 0 Å². The van der Waals surface area contributed by atoms with Crippen LogP contribution in [-0.2, 0) is 9.59 Å². The van der Waals surface area contributed by atoms with Gasteiger partial charge in [-0.25, -0.2) is 0 Å². The summed E-state index contributed by atoms with van der Waals surface area (Å²) in [7, 11) is 0. The molecule has 3 fully saturated rings. The highest BCUT2D eigenvalue weighted by atomic mass is 16.4. The van der Waals surface area contributed by atoms with Gasteiger partial charge in [0, 0.05) is 13.1 Å². The van der Waals surface area contributed by atoms with E-state index >= 15 is 0 Å². The van der Waals surface area contributed by atoms with Gasteiger partial charge in [0.15, 0.2) is 0 Å². The average molecular weight is 313 g/mol. The number of likely N-dealkylation sites (tertiary alicyclic amines) is 1. The number of carboxylic acid groups (broad SMARTS) is 1. The van der Waals surface area contributed by atoms with E-state index in [0.29, 0.717) is 19.0 Å². The second-order valence-corrected chi connectivity index (χ2v) is 7.49. The van der Waals surface area contributed by atoms with Crippen LogP contribution in [0.2, 0.25) is 0 Å². The molecule has 1 aliphatic heterocycles. The van der Waals surface area contributed by atoms with Gasteiger partial charge in [0.25, 0.3) is 0 Å². The SMILES string of the molecule is O=C(C(c1ccccc1)C1CC1)N1C[C@@H]2CCC[C@@]2(C(=O)O)C1. The maximum Gasteiger partial charge on any atom is 0.311 e. The summed E-state index contributed by atoms with van der Waals surface area (Å²) >= 11 is 0. The first-order valence-electron chi connectivity index (χ1n) is 8.69. The van der Waals surface area contributed by atoms with E-state index in [9.17, 15) is 14.7 Å². The van der Waals surface area contributed by atoms with Crippen LogP contribution < -0.4 is 0 Å². The van der Waals surface area contributed by atoms with Crippen LogP contribution >= 0.6 is 0 Å². The summed E-state index contributed by atoms with van der Waals surface area (Å²) in [5.74, 6) is -0.0710. The van der Waals surface area contributed by atoms with Crippen LogP contribution in [0.25, 0.3) is 0 Å². The van der Waals surface area contributed by atoms with Gasteiger partial charge in [-0.1, -0.05) is 36.8 Å². The largest absolute Gasteiger partial charge is 0.481 e. The molecular formula is C19H23NO3. The summed E-state index contributed by atoms with van der Waals surface area (Å²) in [6.45, 7) is 1.03. The van der Waals surface area contributed by atoms with Crippen molar-refractivity contribution in [2.45, 2.75) is 38.0 Å². The van der Waals surface area contributed by atoms with Crippen LogP contribution in [0.5, 0.6) is 0 Å². The minimum Gasteiger partial charge on any atom is -0.481 e. The molecule has 1 aromatic carbocycles. The first kappa shape index (κ1) is 14.7. The van der Waals surface area contributed by atoms with Crippen molar-refractivity contribution in [3.8, 4) is 0 Å². The number of nitrogens with zero attached hydrogens (tertiary/aromatic N) is 1. The van der Waals surface area contributed by atoms with Gasteiger partial charge in [-0.2, -0.15) is 0 Å². The number of carboxylic acids is 1. The second-order valence-electron chi connectivity index (χ2n) is 7.49. The molecule has 1 unspecified atom stereocenters. The van der Waals surface area contributed by atoms with Gasteiger partial charge >= 0.3 is 5.97 Å². The second kappa shape index (κ2) is 5.36. The fourth-order valence-corrected chi connectivity index (χ4v) is 4.71. The number of rotatable bonds is 4. The summed E-state index contributed by atoms with van der Waals surface area (Å²) in [5.41, 5.74) is 0.405. The Kier molecular flexibility index (Phi) is 3.43. The Morgan fingerprint density at radius 2 is 1.91 bits per heavy atom. The molecular weight excluding hydrogens is 290 g/mol. The fourth-order valence-electron chi connectivity index (χ4n) is 4.71. The Bertz CT molecular complexity index is 625. The molecule has 2 aliphatic carbocycles. The van der Waals surface area contributed by atoms with E-state index in [1.165, 1.54) is 0 Å². The molecule has 4 rings (SSSR count). The van der Waals surface area contributed by atoms with Crippen LogP contribution in [0.4, 0.5) is 0 Å². The Balaban J connectivity index is 1.58. The van der Waals surface area contributed by atoms with Crippen LogP contribution in [-0.4, -0.2) is 35.0 Å². The van der Waals surface area contributed by atoms with E-state index in [1.54, 1.807) is 0 Å². The molecule has 3 atom stereocenters. The van der Waals surface area contributed by atoms with Gasteiger partial charge in [0.05, 0.1) is 11.3 Å². The van der Waals surface area contributed by atoms with Gasteiger partial charge in [0.2, 0.25) is 5.91 Å². The highest BCUT2D eigenvalue weighted by molar-refractivity contribution is 5.86. The molecule has 1 heterocycles. The molecule has 4 heteroatoms. The number of fused-ring (bicyclic) bond motifs is 1. The number of hydrogen-bond donors (Lipinski definition) is 1. The van der Waals surface area contributed by atoms with E-state index in [2.05, 4.69) is 0 Å². The molecule has 1 amide bonds. The zero-order valence-electron chi connectivity index (χ0n) is 13.3. The van der Waals surface area contributed by atoms with E-state index in [-0.39, 0.29) is 17.7 Å². The van der Waals surface area contributed by atoms with Crippen LogP contribution in [0.1, 0.15) is 43.6 Å². The highest BCUT2D eigenvalue weighted by Gasteiger charge is 2.56. The fraction of sp³-hybridized carbons (Fsp3) is 0.579. The number of hydrogen-bond acceptors (Lipinski definition) is 2. The van der Waals surface area contributed by atoms with Crippen molar-refractivity contribution >= 4 is 11.9 Å². The molecule has 0 radical (unpaired) electrons. The number of aliphatic carboxylic acids is 1. The molecule has 3 aliphatic rings. The minimum atomic E-state index is -0.710. The smallest absolute Gasteiger partial charge is 0.311 e. The van der Waals surface area contributed by atoms with Crippen molar-refractivity contribution in [2.75, 3.05) is 13.1 Å². The molecule has 2 saturated carbocycles. The predicted molar refractivity (Wildman–Crippen MR) is 85.9 cm³/mol. The van der Waals surface area contributed by atoms with E-state index < -0.39 is 11.4 Å². The first-order chi connectivity index (χ1) is 11.1. The van der Waals surface area contributed by atoms with Gasteiger partial charge < -0.3 is 10.0 Å². The summed E-state index contributed by atoms with van der Waals surface area (Å²) in [4.78, 5) is 26.8. The van der Waals surface area contributed by atoms with Crippen molar-refractivity contribution in [3.05, 3.63) is 35.9 Å². The molecule has 1 saturated heterocycles. The molecule has 0 bridgehead atoms. The Labute approximate surface area is 136 Å². The standard InChI is InChI=1S/C19H23NO3/c21-17(16(14-8-9-14)13-5-2-1-3-6-13)20-11-15-7-4-10-19(15,12-20)18(22)23/h1-3,5-6,14-16H,4,7-12H2,(H,22,23)/t15-,16?,19+/m0/s1. The monoisotopic (exact) mass is 313 g/mol. The number of amides is 1. The first-order valence-corrected chi connectivity index (χ1v) is 8.69. The number of carbonyl (C=O) groups excluding carboxylic acids is 1. The molecule has 4 nitrogen and oxygen atoms in total. The zero-order valence-corrected chi connectivity index (χ0v) is 13.3. The van der Waals surface area contributed by atoms with Crippen molar-refractivity contribution in [1.29, 1.82) is 0 Å². The highest BCUT2D eigenvalue weighted by Crippen LogP contribution is 2.51. The predicted octanol–water partition coefficient (Wildman–Crippen LogP) is 2.89. The normalized spacial score (nSPS) is 31.0. The van der Waals surface area contributed by atoms with Gasteiger partial charge in [-0.15, -0.1) is 0 Å². The number of carbonyl (C=O) groups is 2. The van der Waals surface area contributed by atoms with Gasteiger partial charge in [0.1, 0.15) is 0 Å². The van der Waals surface area contributed by atoms with Gasteiger partial charge in [-0.05, 0) is 43.1 Å². The van der Waals surface area contributed by atoms with Gasteiger partial charge in [-0.3, -0.25) is 9.59 Å². The van der Waals surface area contributed by atoms with Crippen molar-refractivity contribution in [3.63, 3.8) is 0 Å². The maximum absolute atomic E-state index is 13.2. The number of benzene rings is 1. The molecule has 0 aromatic heterocycles. The lowest BCUT2D eigenvalue weighted by Crippen LogP contribution is -2.39. The Hall–Kier alpha value is -1.84. The van der Waals surface area contributed by atoms with E-state index in [0.717, 1.165) is 37.7 Å². The van der Waals surface area contributed by atoms with Crippen molar-refractivity contribution in [2.24, 2.45) is 17.3 Å². The summed E-state index contributed by atoms with van der Waals surface area (Å²) < 4.78 is 0. The average Bonchev–Trinajstić information content (AvgIpc) is 3.16. The van der Waals surface area contributed by atoms with Crippen molar-refractivity contribution in [1.82, 2.24) is 4.90 Å². The summed E-state index contributed by atoms with van der Waals surface area (Å²) in [6, 6.07) is 10.00. The van der Waals surface area contributed by atoms with Crippen LogP contribution in [0.3, 0.4) is 0 Å². The lowest BCUT2D eigenvalue weighted by Gasteiger charge is -2.26. The molecule has 1 aromatic rings. The summed E-state index contributed by atoms with van der Waals surface area (Å²) in [5, 5.41) is 9.71. The molecule has 0 spiro atoms. The third-order valence-electron chi connectivity index (χ3n) is 6.13. The quantitative estimate of drug-likeness (QED) is 0.930. The maximum atomic E-state index is 13.2. The Morgan fingerprint density at radius 1 is 1.17 bits per heavy atom. The molecule has 1 N–H and O–H groups in total. The lowest BCUT2D eigenvalue weighted by molar-refractivity contribution is -0.149. The van der Waals surface area contributed by atoms with Crippen LogP contribution in [0, 0.1) is 17.3 Å². The van der Waals surface area contributed by atoms with Crippen molar-refractivity contribution < 1.29 is 14.7 Å².